The molecule has 2 unspecified atom stereocenters. The van der Waals surface area contributed by atoms with Crippen LogP contribution in [0, 0.1) is 11.6 Å². The van der Waals surface area contributed by atoms with Gasteiger partial charge in [0, 0.05) is 29.2 Å². The van der Waals surface area contributed by atoms with Crippen LogP contribution in [0.2, 0.25) is 0 Å². The third kappa shape index (κ3) is 2.32. The third-order valence-electron chi connectivity index (χ3n) is 2.56. The van der Waals surface area contributed by atoms with Crippen molar-refractivity contribution in [2.45, 2.75) is 18.2 Å². The van der Waals surface area contributed by atoms with Crippen molar-refractivity contribution in [2.75, 3.05) is 12.3 Å². The molecule has 2 atom stereocenters. The summed E-state index contributed by atoms with van der Waals surface area (Å²) in [6, 6.07) is 4.28. The van der Waals surface area contributed by atoms with Crippen LogP contribution >= 0.6 is 11.8 Å². The maximum atomic E-state index is 13.5. The van der Waals surface area contributed by atoms with Crippen molar-refractivity contribution in [3.8, 4) is 0 Å². The molecule has 1 aromatic rings. The lowest BCUT2D eigenvalue weighted by molar-refractivity contribution is 0.471. The number of benzene rings is 1. The summed E-state index contributed by atoms with van der Waals surface area (Å²) < 4.78 is 26.5. The largest absolute Gasteiger partial charge is 0.308 e. The molecule has 0 aliphatic carbocycles. The average molecular weight is 229 g/mol. The molecule has 0 spiro atoms. The molecule has 0 bridgehead atoms. The Hall–Kier alpha value is -0.610. The van der Waals surface area contributed by atoms with Gasteiger partial charge in [0.2, 0.25) is 0 Å². The Labute approximate surface area is 92.3 Å². The van der Waals surface area contributed by atoms with Gasteiger partial charge in [-0.2, -0.15) is 11.8 Å². The predicted octanol–water partition coefficient (Wildman–Crippen LogP) is 2.73. The Morgan fingerprint density at radius 3 is 2.87 bits per heavy atom. The zero-order chi connectivity index (χ0) is 10.8. The summed E-state index contributed by atoms with van der Waals surface area (Å²) in [5.41, 5.74) is 0.439. The van der Waals surface area contributed by atoms with Crippen molar-refractivity contribution in [1.29, 1.82) is 0 Å². The van der Waals surface area contributed by atoms with Gasteiger partial charge in [-0.15, -0.1) is 0 Å². The van der Waals surface area contributed by atoms with Crippen LogP contribution in [0.4, 0.5) is 8.78 Å². The van der Waals surface area contributed by atoms with Crippen molar-refractivity contribution < 1.29 is 8.78 Å². The van der Waals surface area contributed by atoms with E-state index in [0.717, 1.165) is 18.4 Å². The second-order valence-electron chi connectivity index (χ2n) is 3.75. The topological polar surface area (TPSA) is 12.0 Å². The highest BCUT2D eigenvalue weighted by atomic mass is 32.2. The fourth-order valence-electron chi connectivity index (χ4n) is 1.68. The molecule has 1 saturated heterocycles. The highest BCUT2D eigenvalue weighted by Gasteiger charge is 2.22. The number of nitrogens with one attached hydrogen (secondary N) is 1. The maximum absolute atomic E-state index is 13.5. The fourth-order valence-corrected chi connectivity index (χ4v) is 2.71. The molecule has 1 aliphatic heterocycles. The molecule has 1 nitrogen and oxygen atoms in total. The Morgan fingerprint density at radius 1 is 1.40 bits per heavy atom. The predicted molar refractivity (Wildman–Crippen MR) is 59.0 cm³/mol. The second kappa shape index (κ2) is 4.49. The Kier molecular flexibility index (Phi) is 3.26. The molecule has 1 aromatic carbocycles. The molecule has 1 heterocycles. The van der Waals surface area contributed by atoms with E-state index in [0.29, 0.717) is 10.8 Å². The van der Waals surface area contributed by atoms with Crippen molar-refractivity contribution in [3.05, 3.63) is 35.4 Å². The summed E-state index contributed by atoms with van der Waals surface area (Å²) in [5, 5.41) is 3.77. The molecule has 1 fully saturated rings. The molecular formula is C11H13F2NS. The Morgan fingerprint density at radius 2 is 2.20 bits per heavy atom. The van der Waals surface area contributed by atoms with E-state index < -0.39 is 11.6 Å². The minimum absolute atomic E-state index is 0.0677. The summed E-state index contributed by atoms with van der Waals surface area (Å²) in [4.78, 5) is 0. The summed E-state index contributed by atoms with van der Waals surface area (Å²) >= 11 is 1.78. The molecule has 15 heavy (non-hydrogen) atoms. The van der Waals surface area contributed by atoms with Gasteiger partial charge in [-0.3, -0.25) is 0 Å². The lowest BCUT2D eigenvalue weighted by Crippen LogP contribution is -2.35. The van der Waals surface area contributed by atoms with Gasteiger partial charge in [0.15, 0.2) is 11.6 Å². The van der Waals surface area contributed by atoms with Crippen LogP contribution in [-0.2, 0) is 0 Å². The first-order valence-electron chi connectivity index (χ1n) is 4.97. The Balaban J connectivity index is 2.19. The lowest BCUT2D eigenvalue weighted by atomic mass is 10.1. The number of hydrogen-bond donors (Lipinski definition) is 1. The zero-order valence-corrected chi connectivity index (χ0v) is 9.28. The van der Waals surface area contributed by atoms with Crippen molar-refractivity contribution >= 4 is 11.8 Å². The van der Waals surface area contributed by atoms with Crippen LogP contribution in [0.1, 0.15) is 18.5 Å². The lowest BCUT2D eigenvalue weighted by Gasteiger charge is -2.28. The molecule has 82 valence electrons. The highest BCUT2D eigenvalue weighted by molar-refractivity contribution is 8.00. The van der Waals surface area contributed by atoms with Crippen LogP contribution < -0.4 is 5.32 Å². The molecule has 0 aromatic heterocycles. The van der Waals surface area contributed by atoms with Gasteiger partial charge in [0.25, 0.3) is 0 Å². The Bertz CT molecular complexity index is 348. The number of hydrogen-bond acceptors (Lipinski definition) is 2. The number of rotatable bonds is 1. The smallest absolute Gasteiger partial charge is 0.163 e. The molecule has 4 heteroatoms. The van der Waals surface area contributed by atoms with E-state index in [2.05, 4.69) is 12.2 Å². The third-order valence-corrected chi connectivity index (χ3v) is 3.82. The van der Waals surface area contributed by atoms with Crippen molar-refractivity contribution in [3.63, 3.8) is 0 Å². The minimum Gasteiger partial charge on any atom is -0.308 e. The highest BCUT2D eigenvalue weighted by Crippen LogP contribution is 2.28. The van der Waals surface area contributed by atoms with Crippen LogP contribution in [-0.4, -0.2) is 17.5 Å². The van der Waals surface area contributed by atoms with Crippen molar-refractivity contribution in [2.24, 2.45) is 0 Å². The van der Waals surface area contributed by atoms with Crippen LogP contribution in [0.25, 0.3) is 0 Å². The van der Waals surface area contributed by atoms with E-state index in [9.17, 15) is 8.78 Å². The van der Waals surface area contributed by atoms with E-state index >= 15 is 0 Å². The van der Waals surface area contributed by atoms with E-state index in [-0.39, 0.29) is 6.04 Å². The van der Waals surface area contributed by atoms with E-state index in [1.807, 2.05) is 0 Å². The fraction of sp³-hybridized carbons (Fsp3) is 0.455. The summed E-state index contributed by atoms with van der Waals surface area (Å²) in [6.45, 7) is 2.96. The molecule has 0 amide bonds. The average Bonchev–Trinajstić information content (AvgIpc) is 2.24. The first-order chi connectivity index (χ1) is 7.18. The van der Waals surface area contributed by atoms with Gasteiger partial charge in [0.1, 0.15) is 0 Å². The van der Waals surface area contributed by atoms with Gasteiger partial charge < -0.3 is 5.32 Å². The maximum Gasteiger partial charge on any atom is 0.163 e. The molecule has 0 radical (unpaired) electrons. The first kappa shape index (κ1) is 10.9. The van der Waals surface area contributed by atoms with Crippen LogP contribution in [0.5, 0.6) is 0 Å². The van der Waals surface area contributed by atoms with Gasteiger partial charge in [-0.05, 0) is 6.07 Å². The zero-order valence-electron chi connectivity index (χ0n) is 8.47. The summed E-state index contributed by atoms with van der Waals surface area (Å²) in [6.07, 6.45) is 0. The van der Waals surface area contributed by atoms with E-state index in [1.54, 1.807) is 23.9 Å². The molecule has 0 saturated carbocycles. The second-order valence-corrected chi connectivity index (χ2v) is 5.22. The molecule has 1 N–H and O–H groups in total. The SMILES string of the molecule is CC1CNC(c2cccc(F)c2F)CS1. The van der Waals surface area contributed by atoms with Gasteiger partial charge >= 0.3 is 0 Å². The monoisotopic (exact) mass is 229 g/mol. The van der Waals surface area contributed by atoms with Crippen LogP contribution in [0.3, 0.4) is 0 Å². The van der Waals surface area contributed by atoms with Gasteiger partial charge in [-0.1, -0.05) is 19.1 Å². The van der Waals surface area contributed by atoms with E-state index in [4.69, 9.17) is 0 Å². The minimum atomic E-state index is -0.766. The molecule has 1 aliphatic rings. The van der Waals surface area contributed by atoms with Crippen molar-refractivity contribution in [1.82, 2.24) is 5.32 Å². The number of thioether (sulfide) groups is 1. The first-order valence-corrected chi connectivity index (χ1v) is 6.02. The standard InChI is InChI=1S/C11H13F2NS/c1-7-5-14-10(6-15-7)8-3-2-4-9(12)11(8)13/h2-4,7,10,14H,5-6H2,1H3. The number of halogens is 2. The molecule has 2 rings (SSSR count). The van der Waals surface area contributed by atoms with Crippen LogP contribution in [0.15, 0.2) is 18.2 Å². The van der Waals surface area contributed by atoms with Gasteiger partial charge in [0.05, 0.1) is 0 Å². The molecular weight excluding hydrogens is 216 g/mol. The summed E-state index contributed by atoms with van der Waals surface area (Å²) in [5.74, 6) is -0.690. The summed E-state index contributed by atoms with van der Waals surface area (Å²) in [7, 11) is 0. The quantitative estimate of drug-likeness (QED) is 0.794. The van der Waals surface area contributed by atoms with E-state index in [1.165, 1.54) is 0 Å². The normalized spacial score (nSPS) is 26.6. The van der Waals surface area contributed by atoms with Gasteiger partial charge in [-0.25, -0.2) is 8.78 Å².